The minimum absolute atomic E-state index is 0.0316. The summed E-state index contributed by atoms with van der Waals surface area (Å²) in [5.74, 6) is -1.37. The molecular formula is C25H25F4N3O3S. The molecule has 1 saturated heterocycles. The van der Waals surface area contributed by atoms with Crippen molar-refractivity contribution in [2.75, 3.05) is 13.1 Å². The largest absolute Gasteiger partial charge is 0.417 e. The normalized spacial score (nSPS) is 18.7. The Morgan fingerprint density at radius 3 is 2.44 bits per heavy atom. The lowest BCUT2D eigenvalue weighted by molar-refractivity contribution is -0.137. The maximum atomic E-state index is 14.1. The van der Waals surface area contributed by atoms with Crippen LogP contribution in [0.15, 0.2) is 60.7 Å². The van der Waals surface area contributed by atoms with Gasteiger partial charge in [-0.2, -0.15) is 17.5 Å². The number of benzene rings is 1. The van der Waals surface area contributed by atoms with E-state index in [0.29, 0.717) is 19.0 Å². The Balaban J connectivity index is 1.50. The average molecular weight is 524 g/mol. The van der Waals surface area contributed by atoms with Crippen molar-refractivity contribution in [1.29, 1.82) is 0 Å². The van der Waals surface area contributed by atoms with E-state index in [1.165, 1.54) is 27.4 Å². The van der Waals surface area contributed by atoms with E-state index in [-0.39, 0.29) is 40.7 Å². The van der Waals surface area contributed by atoms with Gasteiger partial charge in [0.15, 0.2) is 0 Å². The number of hydrogen-bond acceptors (Lipinski definition) is 4. The van der Waals surface area contributed by atoms with E-state index < -0.39 is 39.5 Å². The Bertz CT molecular complexity index is 1310. The van der Waals surface area contributed by atoms with Gasteiger partial charge in [-0.05, 0) is 38.0 Å². The number of amides is 1. The van der Waals surface area contributed by atoms with Crippen LogP contribution < -0.4 is 0 Å². The molecule has 1 saturated carbocycles. The first kappa shape index (κ1) is 26.0. The molecule has 1 aliphatic heterocycles. The van der Waals surface area contributed by atoms with Crippen LogP contribution in [-0.2, 0) is 16.2 Å². The highest BCUT2D eigenvalue weighted by atomic mass is 32.2. The van der Waals surface area contributed by atoms with Gasteiger partial charge >= 0.3 is 6.18 Å². The monoisotopic (exact) mass is 523 g/mol. The predicted octanol–water partition coefficient (Wildman–Crippen LogP) is 4.75. The Kier molecular flexibility index (Phi) is 6.59. The highest BCUT2D eigenvalue weighted by molar-refractivity contribution is 7.89. The summed E-state index contributed by atoms with van der Waals surface area (Å²) in [6.07, 6.45) is -0.298. The maximum Gasteiger partial charge on any atom is 0.417 e. The Morgan fingerprint density at radius 2 is 1.89 bits per heavy atom. The average Bonchev–Trinajstić information content (AvgIpc) is 2.77. The van der Waals surface area contributed by atoms with Crippen molar-refractivity contribution >= 4 is 22.0 Å². The molecule has 1 aromatic heterocycles. The van der Waals surface area contributed by atoms with Crippen molar-refractivity contribution in [3.05, 3.63) is 78.4 Å². The van der Waals surface area contributed by atoms with Crippen molar-refractivity contribution < 1.29 is 30.8 Å². The second-order valence-corrected chi connectivity index (χ2v) is 11.2. The third-order valence-electron chi connectivity index (χ3n) is 6.89. The number of sulfonamides is 1. The highest BCUT2D eigenvalue weighted by Gasteiger charge is 2.58. The number of carbonyl (C=O) groups excluding carboxylic acids is 1. The molecule has 11 heteroatoms. The summed E-state index contributed by atoms with van der Waals surface area (Å²) in [5.41, 5.74) is -1.51. The highest BCUT2D eigenvalue weighted by Crippen LogP contribution is 2.52. The smallest absolute Gasteiger partial charge is 0.328 e. The van der Waals surface area contributed by atoms with Crippen LogP contribution in [0.1, 0.15) is 41.4 Å². The third kappa shape index (κ3) is 4.45. The van der Waals surface area contributed by atoms with Crippen LogP contribution in [0.3, 0.4) is 0 Å². The molecule has 0 bridgehead atoms. The van der Waals surface area contributed by atoms with E-state index in [0.717, 1.165) is 18.2 Å². The molecule has 36 heavy (non-hydrogen) atoms. The van der Waals surface area contributed by atoms with Gasteiger partial charge in [0, 0.05) is 42.3 Å². The van der Waals surface area contributed by atoms with Crippen LogP contribution in [0.25, 0.3) is 6.08 Å². The van der Waals surface area contributed by atoms with Crippen LogP contribution in [0.4, 0.5) is 17.6 Å². The molecule has 6 nitrogen and oxygen atoms in total. The second-order valence-electron chi connectivity index (χ2n) is 9.32. The van der Waals surface area contributed by atoms with Crippen molar-refractivity contribution in [1.82, 2.24) is 14.2 Å². The van der Waals surface area contributed by atoms with E-state index in [9.17, 15) is 30.8 Å². The van der Waals surface area contributed by atoms with Crippen LogP contribution in [-0.4, -0.2) is 53.7 Å². The van der Waals surface area contributed by atoms with Gasteiger partial charge in [0.1, 0.15) is 16.4 Å². The lowest BCUT2D eigenvalue weighted by atomic mass is 9.61. The molecule has 1 amide bonds. The SMILES string of the molecule is C=Cc1cc(C(F)(F)F)cnc1C(=O)N(C(C)C=C)C1CC2(C1)CN(S(=O)(=O)c1ccccc1F)C2. The minimum Gasteiger partial charge on any atom is -0.328 e. The first-order valence-corrected chi connectivity index (χ1v) is 12.7. The lowest BCUT2D eigenvalue weighted by Gasteiger charge is -2.60. The van der Waals surface area contributed by atoms with Crippen molar-refractivity contribution in [3.8, 4) is 0 Å². The van der Waals surface area contributed by atoms with Crippen LogP contribution in [0.2, 0.25) is 0 Å². The number of halogens is 4. The lowest BCUT2D eigenvalue weighted by Crippen LogP contribution is -2.68. The van der Waals surface area contributed by atoms with E-state index >= 15 is 0 Å². The zero-order chi connectivity index (χ0) is 26.5. The molecule has 2 aliphatic rings. The number of pyridine rings is 1. The molecule has 0 radical (unpaired) electrons. The Morgan fingerprint density at radius 1 is 1.25 bits per heavy atom. The van der Waals surface area contributed by atoms with Crippen molar-refractivity contribution in [3.63, 3.8) is 0 Å². The summed E-state index contributed by atoms with van der Waals surface area (Å²) in [7, 11) is -3.97. The van der Waals surface area contributed by atoms with Crippen molar-refractivity contribution in [2.24, 2.45) is 5.41 Å². The fourth-order valence-corrected chi connectivity index (χ4v) is 6.68. The molecule has 1 atom stereocenters. The molecule has 2 heterocycles. The van der Waals surface area contributed by atoms with Gasteiger partial charge in [0.05, 0.1) is 5.56 Å². The molecule has 2 aromatic rings. The first-order valence-electron chi connectivity index (χ1n) is 11.2. The van der Waals surface area contributed by atoms with Gasteiger partial charge in [-0.15, -0.1) is 6.58 Å². The topological polar surface area (TPSA) is 70.6 Å². The first-order chi connectivity index (χ1) is 16.8. The van der Waals surface area contributed by atoms with Gasteiger partial charge in [-0.25, -0.2) is 17.8 Å². The summed E-state index contributed by atoms with van der Waals surface area (Å²) in [6, 6.07) is 5.29. The molecule has 2 fully saturated rings. The zero-order valence-corrected chi connectivity index (χ0v) is 20.3. The quantitative estimate of drug-likeness (QED) is 0.388. The fourth-order valence-electron chi connectivity index (χ4n) is 4.95. The molecule has 192 valence electrons. The van der Waals surface area contributed by atoms with E-state index in [2.05, 4.69) is 18.1 Å². The van der Waals surface area contributed by atoms with Crippen LogP contribution in [0, 0.1) is 11.2 Å². The van der Waals surface area contributed by atoms with Crippen LogP contribution in [0.5, 0.6) is 0 Å². The molecule has 0 N–H and O–H groups in total. The van der Waals surface area contributed by atoms with Gasteiger partial charge in [-0.1, -0.05) is 30.9 Å². The number of hydrogen-bond donors (Lipinski definition) is 0. The summed E-state index contributed by atoms with van der Waals surface area (Å²) >= 11 is 0. The Labute approximate surface area is 207 Å². The van der Waals surface area contributed by atoms with E-state index in [1.54, 1.807) is 13.0 Å². The summed E-state index contributed by atoms with van der Waals surface area (Å²) < 4.78 is 80.2. The van der Waals surface area contributed by atoms with Gasteiger partial charge < -0.3 is 4.90 Å². The standard InChI is InChI=1S/C25H25F4N3O3S/c1-4-16(3)32(23(33)22-17(5-2)10-18(13-30-22)25(27,28)29)19-11-24(12-19)14-31(15-24)36(34,35)21-9-7-6-8-20(21)26/h4-10,13,16,19H,1-2,11-12,14-15H2,3H3. The summed E-state index contributed by atoms with van der Waals surface area (Å²) in [6.45, 7) is 9.39. The predicted molar refractivity (Wildman–Crippen MR) is 126 cm³/mol. The molecule has 1 aliphatic carbocycles. The number of carbonyl (C=O) groups is 1. The fraction of sp³-hybridized carbons (Fsp3) is 0.360. The third-order valence-corrected chi connectivity index (χ3v) is 8.71. The molecule has 1 unspecified atom stereocenters. The van der Waals surface area contributed by atoms with E-state index in [1.807, 2.05) is 0 Å². The van der Waals surface area contributed by atoms with Gasteiger partial charge in [0.25, 0.3) is 5.91 Å². The molecule has 1 aromatic carbocycles. The summed E-state index contributed by atoms with van der Waals surface area (Å²) in [4.78, 5) is 18.4. The molecular weight excluding hydrogens is 498 g/mol. The van der Waals surface area contributed by atoms with Gasteiger partial charge in [-0.3, -0.25) is 4.79 Å². The van der Waals surface area contributed by atoms with Gasteiger partial charge in [0.2, 0.25) is 10.0 Å². The summed E-state index contributed by atoms with van der Waals surface area (Å²) in [5, 5.41) is 0. The number of rotatable bonds is 7. The maximum absolute atomic E-state index is 14.1. The zero-order valence-electron chi connectivity index (χ0n) is 19.5. The molecule has 1 spiro atoms. The van der Waals surface area contributed by atoms with Crippen molar-refractivity contribution in [2.45, 2.75) is 42.9 Å². The molecule has 4 rings (SSSR count). The Hall–Kier alpha value is -3.05. The number of aromatic nitrogens is 1. The number of alkyl halides is 3. The van der Waals surface area contributed by atoms with Crippen LogP contribution >= 0.6 is 0 Å². The van der Waals surface area contributed by atoms with E-state index in [4.69, 9.17) is 0 Å². The number of nitrogens with zero attached hydrogens (tertiary/aromatic N) is 3. The second kappa shape index (κ2) is 9.11. The minimum atomic E-state index is -4.61.